The largest absolute Gasteiger partial charge is 0.325 e. The maximum Gasteiger partial charge on any atom is 0.325 e. The second kappa shape index (κ2) is 6.01. The third kappa shape index (κ3) is 2.92. The van der Waals surface area contributed by atoms with Crippen LogP contribution in [0, 0.1) is 18.3 Å². The van der Waals surface area contributed by atoms with E-state index in [2.05, 4.69) is 41.4 Å². The van der Waals surface area contributed by atoms with Gasteiger partial charge in [-0.25, -0.2) is 9.69 Å². The molecule has 1 N–H and O–H groups in total. The molecule has 6 heteroatoms. The summed E-state index contributed by atoms with van der Waals surface area (Å²) in [5, 5.41) is 11.5. The summed E-state index contributed by atoms with van der Waals surface area (Å²) in [7, 11) is 0. The standard InChI is InChI=1S/C17H20N4O2/c1-13-2-4-14(5-3-13)12-20-9-6-17(7-10-20)15(22)21(11-8-18)16(23)19-17/h2-5H,6-7,9-12H2,1H3,(H,19,23). The minimum Gasteiger partial charge on any atom is -0.323 e. The first kappa shape index (κ1) is 15.5. The molecule has 6 nitrogen and oxygen atoms in total. The Labute approximate surface area is 135 Å². The lowest BCUT2D eigenvalue weighted by molar-refractivity contribution is -0.132. The van der Waals surface area contributed by atoms with Crippen molar-refractivity contribution in [3.05, 3.63) is 35.4 Å². The summed E-state index contributed by atoms with van der Waals surface area (Å²) in [6.07, 6.45) is 1.18. The van der Waals surface area contributed by atoms with Crippen molar-refractivity contribution in [3.8, 4) is 6.07 Å². The van der Waals surface area contributed by atoms with Crippen molar-refractivity contribution in [2.45, 2.75) is 31.8 Å². The van der Waals surface area contributed by atoms with E-state index < -0.39 is 11.6 Å². The van der Waals surface area contributed by atoms with Gasteiger partial charge in [0.25, 0.3) is 5.91 Å². The van der Waals surface area contributed by atoms with Crippen LogP contribution in [0.15, 0.2) is 24.3 Å². The zero-order valence-electron chi connectivity index (χ0n) is 13.2. The molecule has 0 bridgehead atoms. The zero-order valence-corrected chi connectivity index (χ0v) is 13.2. The SMILES string of the molecule is Cc1ccc(CN2CCC3(CC2)NC(=O)N(CC#N)C3=O)cc1. The summed E-state index contributed by atoms with van der Waals surface area (Å²) in [5.41, 5.74) is 1.68. The van der Waals surface area contributed by atoms with Crippen LogP contribution in [0.5, 0.6) is 0 Å². The number of urea groups is 1. The average molecular weight is 312 g/mol. The van der Waals surface area contributed by atoms with Crippen molar-refractivity contribution >= 4 is 11.9 Å². The number of nitrogens with zero attached hydrogens (tertiary/aromatic N) is 3. The average Bonchev–Trinajstić information content (AvgIpc) is 2.77. The van der Waals surface area contributed by atoms with Gasteiger partial charge in [0.2, 0.25) is 0 Å². The number of amides is 3. The van der Waals surface area contributed by atoms with Crippen LogP contribution >= 0.6 is 0 Å². The highest BCUT2D eigenvalue weighted by molar-refractivity contribution is 6.07. The molecule has 0 aromatic heterocycles. The minimum absolute atomic E-state index is 0.181. The van der Waals surface area contributed by atoms with Gasteiger partial charge in [-0.15, -0.1) is 0 Å². The minimum atomic E-state index is -0.808. The molecule has 0 aliphatic carbocycles. The monoisotopic (exact) mass is 312 g/mol. The molecule has 0 saturated carbocycles. The summed E-state index contributed by atoms with van der Waals surface area (Å²) in [5.74, 6) is -0.251. The van der Waals surface area contributed by atoms with Crippen LogP contribution in [0.25, 0.3) is 0 Å². The van der Waals surface area contributed by atoms with Gasteiger partial charge in [0.05, 0.1) is 6.07 Å². The topological polar surface area (TPSA) is 76.4 Å². The van der Waals surface area contributed by atoms with E-state index in [1.54, 1.807) is 0 Å². The molecular formula is C17H20N4O2. The predicted octanol–water partition coefficient (Wildman–Crippen LogP) is 1.40. The number of nitriles is 1. The number of nitrogens with one attached hydrogen (secondary N) is 1. The van der Waals surface area contributed by atoms with Gasteiger partial charge in [0.1, 0.15) is 12.1 Å². The highest BCUT2D eigenvalue weighted by Gasteiger charge is 2.52. The smallest absolute Gasteiger partial charge is 0.323 e. The third-order valence-corrected chi connectivity index (χ3v) is 4.71. The second-order valence-electron chi connectivity index (χ2n) is 6.32. The predicted molar refractivity (Wildman–Crippen MR) is 84.3 cm³/mol. The molecule has 1 aromatic carbocycles. The summed E-state index contributed by atoms with van der Waals surface area (Å²) in [6.45, 7) is 4.23. The fraction of sp³-hybridized carbons (Fsp3) is 0.471. The van der Waals surface area contributed by atoms with E-state index in [1.807, 2.05) is 6.07 Å². The number of hydrogen-bond donors (Lipinski definition) is 1. The number of piperidine rings is 1. The fourth-order valence-corrected chi connectivity index (χ4v) is 3.27. The molecule has 23 heavy (non-hydrogen) atoms. The van der Waals surface area contributed by atoms with Crippen LogP contribution < -0.4 is 5.32 Å². The van der Waals surface area contributed by atoms with Gasteiger partial charge < -0.3 is 5.32 Å². The first-order chi connectivity index (χ1) is 11.0. The Morgan fingerprint density at radius 2 is 1.87 bits per heavy atom. The molecule has 1 aromatic rings. The highest BCUT2D eigenvalue weighted by Crippen LogP contribution is 2.29. The Morgan fingerprint density at radius 1 is 1.22 bits per heavy atom. The molecular weight excluding hydrogens is 292 g/mol. The van der Waals surface area contributed by atoms with E-state index in [0.717, 1.165) is 24.5 Å². The summed E-state index contributed by atoms with van der Waals surface area (Å²) >= 11 is 0. The van der Waals surface area contributed by atoms with Crippen molar-refractivity contribution in [2.24, 2.45) is 0 Å². The molecule has 2 heterocycles. The van der Waals surface area contributed by atoms with Crippen molar-refractivity contribution in [1.82, 2.24) is 15.1 Å². The zero-order chi connectivity index (χ0) is 16.4. The number of aryl methyl sites for hydroxylation is 1. The fourth-order valence-electron chi connectivity index (χ4n) is 3.27. The van der Waals surface area contributed by atoms with E-state index in [0.29, 0.717) is 12.8 Å². The number of carbonyl (C=O) groups is 2. The third-order valence-electron chi connectivity index (χ3n) is 4.71. The number of imide groups is 1. The van der Waals surface area contributed by atoms with Crippen LogP contribution in [-0.4, -0.2) is 46.9 Å². The lowest BCUT2D eigenvalue weighted by atomic mass is 9.87. The first-order valence-corrected chi connectivity index (χ1v) is 7.83. The lowest BCUT2D eigenvalue weighted by Crippen LogP contribution is -2.54. The normalized spacial score (nSPS) is 20.6. The molecule has 2 saturated heterocycles. The molecule has 120 valence electrons. The van der Waals surface area contributed by atoms with E-state index in [1.165, 1.54) is 11.1 Å². The Morgan fingerprint density at radius 3 is 2.48 bits per heavy atom. The lowest BCUT2D eigenvalue weighted by Gasteiger charge is -2.37. The van der Waals surface area contributed by atoms with Crippen molar-refractivity contribution < 1.29 is 9.59 Å². The maximum absolute atomic E-state index is 12.5. The second-order valence-corrected chi connectivity index (χ2v) is 6.32. The van der Waals surface area contributed by atoms with Crippen LogP contribution in [0.1, 0.15) is 24.0 Å². The number of benzene rings is 1. The Bertz CT molecular complexity index is 654. The molecule has 0 unspecified atom stereocenters. The molecule has 3 amide bonds. The van der Waals surface area contributed by atoms with Gasteiger partial charge in [0, 0.05) is 19.6 Å². The van der Waals surface area contributed by atoms with Gasteiger partial charge in [-0.3, -0.25) is 9.69 Å². The van der Waals surface area contributed by atoms with Gasteiger partial charge >= 0.3 is 6.03 Å². The molecule has 2 fully saturated rings. The Hall–Kier alpha value is -2.39. The molecule has 1 spiro atoms. The summed E-state index contributed by atoms with van der Waals surface area (Å²) < 4.78 is 0. The van der Waals surface area contributed by atoms with Crippen LogP contribution in [-0.2, 0) is 11.3 Å². The summed E-state index contributed by atoms with van der Waals surface area (Å²) in [4.78, 5) is 27.7. The van der Waals surface area contributed by atoms with E-state index >= 15 is 0 Å². The van der Waals surface area contributed by atoms with Gasteiger partial charge in [-0.05, 0) is 25.3 Å². The van der Waals surface area contributed by atoms with Crippen molar-refractivity contribution in [3.63, 3.8) is 0 Å². The number of likely N-dealkylation sites (tertiary alicyclic amines) is 1. The van der Waals surface area contributed by atoms with Crippen molar-refractivity contribution in [2.75, 3.05) is 19.6 Å². The van der Waals surface area contributed by atoms with Crippen LogP contribution in [0.2, 0.25) is 0 Å². The van der Waals surface area contributed by atoms with Crippen molar-refractivity contribution in [1.29, 1.82) is 5.26 Å². The molecule has 3 rings (SSSR count). The quantitative estimate of drug-likeness (QED) is 0.676. The summed E-state index contributed by atoms with van der Waals surface area (Å²) in [6, 6.07) is 9.87. The molecule has 2 aliphatic rings. The number of rotatable bonds is 3. The Balaban J connectivity index is 1.62. The highest BCUT2D eigenvalue weighted by atomic mass is 16.2. The molecule has 2 aliphatic heterocycles. The molecule has 0 radical (unpaired) electrons. The Kier molecular flexibility index (Phi) is 4.05. The van der Waals surface area contributed by atoms with Gasteiger partial charge in [-0.2, -0.15) is 5.26 Å². The van der Waals surface area contributed by atoms with Crippen LogP contribution in [0.3, 0.4) is 0 Å². The molecule has 0 atom stereocenters. The van der Waals surface area contributed by atoms with Gasteiger partial charge in [-0.1, -0.05) is 29.8 Å². The first-order valence-electron chi connectivity index (χ1n) is 7.83. The number of hydrogen-bond acceptors (Lipinski definition) is 4. The van der Waals surface area contributed by atoms with E-state index in [9.17, 15) is 9.59 Å². The van der Waals surface area contributed by atoms with E-state index in [4.69, 9.17) is 5.26 Å². The maximum atomic E-state index is 12.5. The van der Waals surface area contributed by atoms with E-state index in [-0.39, 0.29) is 12.5 Å². The van der Waals surface area contributed by atoms with Gasteiger partial charge in [0.15, 0.2) is 0 Å². The van der Waals surface area contributed by atoms with Crippen LogP contribution in [0.4, 0.5) is 4.79 Å². The number of carbonyl (C=O) groups excluding carboxylic acids is 2.